The molecule has 1 aromatic heterocycles. The van der Waals surface area contributed by atoms with Gasteiger partial charge in [-0.25, -0.2) is 4.39 Å². The van der Waals surface area contributed by atoms with Gasteiger partial charge in [-0.3, -0.25) is 9.78 Å². The van der Waals surface area contributed by atoms with E-state index in [0.717, 1.165) is 0 Å². The quantitative estimate of drug-likeness (QED) is 0.777. The lowest BCUT2D eigenvalue weighted by Crippen LogP contribution is -2.05. The molecule has 0 atom stereocenters. The van der Waals surface area contributed by atoms with E-state index in [1.54, 1.807) is 30.5 Å². The number of methoxy groups -OCH3 is 1. The molecule has 0 spiro atoms. The molecule has 0 saturated carbocycles. The zero-order valence-corrected chi connectivity index (χ0v) is 9.89. The predicted molar refractivity (Wildman–Crippen MR) is 65.2 cm³/mol. The van der Waals surface area contributed by atoms with Gasteiger partial charge < -0.3 is 4.74 Å². The Kier molecular flexibility index (Phi) is 3.67. The molecule has 0 fully saturated rings. The van der Waals surface area contributed by atoms with Crippen molar-refractivity contribution >= 4 is 5.78 Å². The lowest BCUT2D eigenvalue weighted by atomic mass is 10.1. The minimum atomic E-state index is -0.469. The number of aromatic nitrogens is 1. The van der Waals surface area contributed by atoms with Crippen LogP contribution in [-0.2, 0) is 6.42 Å². The lowest BCUT2D eigenvalue weighted by Gasteiger charge is -2.04. The molecular formula is C14H12FNO2. The maximum Gasteiger partial charge on any atom is 0.185 e. The van der Waals surface area contributed by atoms with Crippen LogP contribution in [0.5, 0.6) is 5.75 Å². The van der Waals surface area contributed by atoms with Crippen molar-refractivity contribution in [3.63, 3.8) is 0 Å². The van der Waals surface area contributed by atoms with Gasteiger partial charge >= 0.3 is 0 Å². The Hall–Kier alpha value is -2.23. The predicted octanol–water partition coefficient (Wildman–Crippen LogP) is 2.65. The molecule has 4 heteroatoms. The van der Waals surface area contributed by atoms with E-state index in [0.29, 0.717) is 11.3 Å². The lowest BCUT2D eigenvalue weighted by molar-refractivity contribution is 0.0988. The van der Waals surface area contributed by atoms with Gasteiger partial charge in [-0.1, -0.05) is 12.1 Å². The standard InChI is InChI=1S/C14H12FNO2/c1-18-14-6-5-10(8-11(14)15)9-13(17)12-4-2-3-7-16-12/h2-8H,9H2,1H3. The van der Waals surface area contributed by atoms with Gasteiger partial charge in [0.15, 0.2) is 17.3 Å². The molecular weight excluding hydrogens is 233 g/mol. The number of hydrogen-bond donors (Lipinski definition) is 0. The van der Waals surface area contributed by atoms with Crippen LogP contribution in [-0.4, -0.2) is 17.9 Å². The van der Waals surface area contributed by atoms with Crippen LogP contribution in [0.15, 0.2) is 42.6 Å². The van der Waals surface area contributed by atoms with Crippen LogP contribution in [0.2, 0.25) is 0 Å². The van der Waals surface area contributed by atoms with E-state index in [1.165, 1.54) is 19.2 Å². The van der Waals surface area contributed by atoms with E-state index in [4.69, 9.17) is 4.74 Å². The number of carbonyl (C=O) groups is 1. The number of Topliss-reactive ketones (excluding diaryl/α,β-unsaturated/α-hetero) is 1. The smallest absolute Gasteiger partial charge is 0.185 e. The Labute approximate surface area is 104 Å². The SMILES string of the molecule is COc1ccc(CC(=O)c2ccccn2)cc1F. The van der Waals surface area contributed by atoms with Crippen LogP contribution in [0.25, 0.3) is 0 Å². The summed E-state index contributed by atoms with van der Waals surface area (Å²) in [6.45, 7) is 0. The highest BCUT2D eigenvalue weighted by atomic mass is 19.1. The molecule has 0 N–H and O–H groups in total. The number of rotatable bonds is 4. The Balaban J connectivity index is 2.15. The highest BCUT2D eigenvalue weighted by Gasteiger charge is 2.10. The first-order valence-electron chi connectivity index (χ1n) is 5.47. The average molecular weight is 245 g/mol. The summed E-state index contributed by atoms with van der Waals surface area (Å²) in [5, 5.41) is 0. The Morgan fingerprint density at radius 1 is 1.33 bits per heavy atom. The molecule has 0 amide bonds. The number of halogens is 1. The molecule has 0 aliphatic rings. The third kappa shape index (κ3) is 2.71. The number of benzene rings is 1. The second kappa shape index (κ2) is 5.40. The van der Waals surface area contributed by atoms with Crippen LogP contribution >= 0.6 is 0 Å². The Morgan fingerprint density at radius 3 is 2.78 bits per heavy atom. The Morgan fingerprint density at radius 2 is 2.17 bits per heavy atom. The first-order valence-corrected chi connectivity index (χ1v) is 5.47. The Bertz CT molecular complexity index is 555. The van der Waals surface area contributed by atoms with Gasteiger partial charge in [0.2, 0.25) is 0 Å². The summed E-state index contributed by atoms with van der Waals surface area (Å²) >= 11 is 0. The number of hydrogen-bond acceptors (Lipinski definition) is 3. The second-order valence-corrected chi connectivity index (χ2v) is 3.78. The van der Waals surface area contributed by atoms with Gasteiger partial charge in [-0.2, -0.15) is 0 Å². The van der Waals surface area contributed by atoms with E-state index in [2.05, 4.69) is 4.98 Å². The fourth-order valence-electron chi connectivity index (χ4n) is 1.62. The molecule has 2 rings (SSSR count). The third-order valence-electron chi connectivity index (χ3n) is 2.53. The number of carbonyl (C=O) groups excluding carboxylic acids is 1. The van der Waals surface area contributed by atoms with Gasteiger partial charge in [0, 0.05) is 12.6 Å². The summed E-state index contributed by atoms with van der Waals surface area (Å²) in [5.74, 6) is -0.437. The molecule has 0 aliphatic heterocycles. The first-order chi connectivity index (χ1) is 8.70. The van der Waals surface area contributed by atoms with E-state index in [1.807, 2.05) is 0 Å². The topological polar surface area (TPSA) is 39.2 Å². The zero-order chi connectivity index (χ0) is 13.0. The molecule has 0 saturated heterocycles. The van der Waals surface area contributed by atoms with E-state index >= 15 is 0 Å². The number of nitrogens with zero attached hydrogens (tertiary/aromatic N) is 1. The molecule has 2 aromatic rings. The molecule has 1 heterocycles. The minimum absolute atomic E-state index is 0.123. The van der Waals surface area contributed by atoms with Gasteiger partial charge in [-0.05, 0) is 29.8 Å². The maximum absolute atomic E-state index is 13.5. The van der Waals surface area contributed by atoms with Crippen molar-refractivity contribution in [3.05, 3.63) is 59.7 Å². The highest BCUT2D eigenvalue weighted by Crippen LogP contribution is 2.18. The van der Waals surface area contributed by atoms with Crippen molar-refractivity contribution in [1.82, 2.24) is 4.98 Å². The van der Waals surface area contributed by atoms with Crippen LogP contribution in [0.1, 0.15) is 16.1 Å². The van der Waals surface area contributed by atoms with Crippen LogP contribution < -0.4 is 4.74 Å². The summed E-state index contributed by atoms with van der Waals surface area (Å²) in [4.78, 5) is 15.8. The molecule has 0 bridgehead atoms. The summed E-state index contributed by atoms with van der Waals surface area (Å²) < 4.78 is 18.3. The second-order valence-electron chi connectivity index (χ2n) is 3.78. The van der Waals surface area contributed by atoms with Crippen LogP contribution in [0.4, 0.5) is 4.39 Å². The van der Waals surface area contributed by atoms with Crippen molar-refractivity contribution in [2.75, 3.05) is 7.11 Å². The third-order valence-corrected chi connectivity index (χ3v) is 2.53. The summed E-state index contributed by atoms with van der Waals surface area (Å²) in [5.41, 5.74) is 0.984. The van der Waals surface area contributed by atoms with Gasteiger partial charge in [-0.15, -0.1) is 0 Å². The monoisotopic (exact) mass is 245 g/mol. The van der Waals surface area contributed by atoms with Crippen molar-refractivity contribution in [3.8, 4) is 5.75 Å². The fourth-order valence-corrected chi connectivity index (χ4v) is 1.62. The fraction of sp³-hybridized carbons (Fsp3) is 0.143. The van der Waals surface area contributed by atoms with Crippen molar-refractivity contribution in [1.29, 1.82) is 0 Å². The highest BCUT2D eigenvalue weighted by molar-refractivity contribution is 5.95. The number of ketones is 1. The van der Waals surface area contributed by atoms with E-state index < -0.39 is 5.82 Å². The molecule has 1 aromatic carbocycles. The van der Waals surface area contributed by atoms with Gasteiger partial charge in [0.25, 0.3) is 0 Å². The molecule has 92 valence electrons. The molecule has 3 nitrogen and oxygen atoms in total. The largest absolute Gasteiger partial charge is 0.494 e. The zero-order valence-electron chi connectivity index (χ0n) is 9.89. The normalized spacial score (nSPS) is 10.1. The molecule has 0 aliphatic carbocycles. The van der Waals surface area contributed by atoms with E-state index in [9.17, 15) is 9.18 Å². The molecule has 0 unspecified atom stereocenters. The minimum Gasteiger partial charge on any atom is -0.494 e. The molecule has 18 heavy (non-hydrogen) atoms. The van der Waals surface area contributed by atoms with E-state index in [-0.39, 0.29) is 18.0 Å². The summed E-state index contributed by atoms with van der Waals surface area (Å²) in [7, 11) is 1.40. The summed E-state index contributed by atoms with van der Waals surface area (Å²) in [6, 6.07) is 9.61. The van der Waals surface area contributed by atoms with Crippen molar-refractivity contribution in [2.45, 2.75) is 6.42 Å². The van der Waals surface area contributed by atoms with Gasteiger partial charge in [0.05, 0.1) is 7.11 Å². The number of pyridine rings is 1. The van der Waals surface area contributed by atoms with Gasteiger partial charge in [0.1, 0.15) is 5.69 Å². The maximum atomic E-state index is 13.5. The molecule has 0 radical (unpaired) electrons. The number of ether oxygens (including phenoxy) is 1. The first kappa shape index (κ1) is 12.2. The van der Waals surface area contributed by atoms with Crippen LogP contribution in [0.3, 0.4) is 0 Å². The summed E-state index contributed by atoms with van der Waals surface area (Å²) in [6.07, 6.45) is 1.68. The average Bonchev–Trinajstić information content (AvgIpc) is 2.40. The van der Waals surface area contributed by atoms with Crippen molar-refractivity contribution < 1.29 is 13.9 Å². The van der Waals surface area contributed by atoms with Crippen LogP contribution in [0, 0.1) is 5.82 Å². The van der Waals surface area contributed by atoms with Crippen molar-refractivity contribution in [2.24, 2.45) is 0 Å².